The lowest BCUT2D eigenvalue weighted by molar-refractivity contribution is 0.185. The Kier molecular flexibility index (Phi) is 4.36. The van der Waals surface area contributed by atoms with E-state index < -0.39 is 0 Å². The highest BCUT2D eigenvalue weighted by Crippen LogP contribution is 2.10. The maximum atomic E-state index is 5.34. The van der Waals surface area contributed by atoms with Crippen LogP contribution in [0.25, 0.3) is 0 Å². The molecule has 1 aliphatic heterocycles. The van der Waals surface area contributed by atoms with Crippen LogP contribution in [0.3, 0.4) is 0 Å². The van der Waals surface area contributed by atoms with Gasteiger partial charge in [-0.05, 0) is 18.8 Å². The summed E-state index contributed by atoms with van der Waals surface area (Å²) in [4.78, 5) is 0. The molecule has 90 valence electrons. The lowest BCUT2D eigenvalue weighted by atomic mass is 10.1. The Hall–Kier alpha value is -0.870. The van der Waals surface area contributed by atoms with Gasteiger partial charge in [0, 0.05) is 38.0 Å². The molecule has 1 saturated heterocycles. The number of hydrogen-bond acceptors (Lipinski definition) is 3. The first-order valence-electron chi connectivity index (χ1n) is 6.18. The van der Waals surface area contributed by atoms with Crippen LogP contribution >= 0.6 is 0 Å². The fourth-order valence-corrected chi connectivity index (χ4v) is 2.01. The predicted octanol–water partition coefficient (Wildman–Crippen LogP) is 1.42. The van der Waals surface area contributed by atoms with Crippen LogP contribution in [0.1, 0.15) is 25.3 Å². The van der Waals surface area contributed by atoms with E-state index in [2.05, 4.69) is 23.5 Å². The van der Waals surface area contributed by atoms with Crippen LogP contribution in [-0.2, 0) is 17.8 Å². The van der Waals surface area contributed by atoms with Crippen LogP contribution in [0.5, 0.6) is 0 Å². The summed E-state index contributed by atoms with van der Waals surface area (Å²) < 4.78 is 7.35. The summed E-state index contributed by atoms with van der Waals surface area (Å²) in [6.45, 7) is 7.00. The molecule has 0 aromatic carbocycles. The quantitative estimate of drug-likeness (QED) is 0.792. The van der Waals surface area contributed by atoms with Crippen molar-refractivity contribution in [2.24, 2.45) is 5.92 Å². The molecule has 0 radical (unpaired) electrons. The maximum absolute atomic E-state index is 5.34. The summed E-state index contributed by atoms with van der Waals surface area (Å²) in [5.74, 6) is 0.700. The highest BCUT2D eigenvalue weighted by atomic mass is 16.5. The topological polar surface area (TPSA) is 39.1 Å². The van der Waals surface area contributed by atoms with Crippen LogP contribution in [-0.4, -0.2) is 29.5 Å². The van der Waals surface area contributed by atoms with Gasteiger partial charge in [0.25, 0.3) is 0 Å². The van der Waals surface area contributed by atoms with E-state index in [4.69, 9.17) is 4.74 Å². The summed E-state index contributed by atoms with van der Waals surface area (Å²) in [6.07, 6.45) is 6.41. The minimum atomic E-state index is 0.700. The van der Waals surface area contributed by atoms with Crippen molar-refractivity contribution in [1.82, 2.24) is 15.1 Å². The lowest BCUT2D eigenvalue weighted by Gasteiger charge is -2.07. The minimum absolute atomic E-state index is 0.700. The van der Waals surface area contributed by atoms with Gasteiger partial charge in [0.05, 0.1) is 12.8 Å². The van der Waals surface area contributed by atoms with Gasteiger partial charge >= 0.3 is 0 Å². The molecular weight excluding hydrogens is 202 g/mol. The molecule has 1 aliphatic rings. The van der Waals surface area contributed by atoms with Gasteiger partial charge in [-0.2, -0.15) is 5.10 Å². The molecule has 0 aliphatic carbocycles. The van der Waals surface area contributed by atoms with Crippen LogP contribution in [0, 0.1) is 5.92 Å². The van der Waals surface area contributed by atoms with Gasteiger partial charge in [-0.1, -0.05) is 6.92 Å². The highest BCUT2D eigenvalue weighted by Gasteiger charge is 2.14. The van der Waals surface area contributed by atoms with Crippen molar-refractivity contribution in [2.45, 2.75) is 32.9 Å². The normalized spacial score (nSPS) is 20.4. The fourth-order valence-electron chi connectivity index (χ4n) is 2.01. The first-order chi connectivity index (χ1) is 7.88. The molecule has 0 bridgehead atoms. The maximum Gasteiger partial charge on any atom is 0.0534 e. The van der Waals surface area contributed by atoms with Gasteiger partial charge in [-0.15, -0.1) is 0 Å². The number of ether oxygens (including phenoxy) is 1. The second-order valence-electron chi connectivity index (χ2n) is 4.47. The number of nitrogens with zero attached hydrogens (tertiary/aromatic N) is 2. The zero-order chi connectivity index (χ0) is 11.2. The second-order valence-corrected chi connectivity index (χ2v) is 4.47. The Balaban J connectivity index is 1.67. The minimum Gasteiger partial charge on any atom is -0.381 e. The second kappa shape index (κ2) is 6.01. The van der Waals surface area contributed by atoms with E-state index in [-0.39, 0.29) is 0 Å². The number of nitrogens with one attached hydrogen (secondary N) is 1. The third-order valence-corrected chi connectivity index (χ3v) is 2.93. The summed E-state index contributed by atoms with van der Waals surface area (Å²) in [7, 11) is 0. The lowest BCUT2D eigenvalue weighted by Crippen LogP contribution is -2.22. The molecule has 16 heavy (non-hydrogen) atoms. The largest absolute Gasteiger partial charge is 0.381 e. The monoisotopic (exact) mass is 223 g/mol. The van der Waals surface area contributed by atoms with Crippen LogP contribution in [0.4, 0.5) is 0 Å². The Labute approximate surface area is 97.0 Å². The standard InChI is InChI=1S/C12H21N3O/c1-2-4-15-9-12(8-14-15)7-13-6-11-3-5-16-10-11/h8-9,11,13H,2-7,10H2,1H3. The smallest absolute Gasteiger partial charge is 0.0534 e. The van der Waals surface area contributed by atoms with Gasteiger partial charge < -0.3 is 10.1 Å². The highest BCUT2D eigenvalue weighted by molar-refractivity contribution is 5.03. The van der Waals surface area contributed by atoms with Crippen LogP contribution in [0.15, 0.2) is 12.4 Å². The van der Waals surface area contributed by atoms with Crippen molar-refractivity contribution in [2.75, 3.05) is 19.8 Å². The third-order valence-electron chi connectivity index (χ3n) is 2.93. The molecule has 1 fully saturated rings. The summed E-state index contributed by atoms with van der Waals surface area (Å²) >= 11 is 0. The Morgan fingerprint density at radius 1 is 1.62 bits per heavy atom. The van der Waals surface area contributed by atoms with E-state index in [1.54, 1.807) is 0 Å². The average molecular weight is 223 g/mol. The summed E-state index contributed by atoms with van der Waals surface area (Å²) in [6, 6.07) is 0. The fraction of sp³-hybridized carbons (Fsp3) is 0.750. The molecule has 1 aromatic rings. The third kappa shape index (κ3) is 3.32. The zero-order valence-electron chi connectivity index (χ0n) is 9.98. The van der Waals surface area contributed by atoms with Gasteiger partial charge in [0.15, 0.2) is 0 Å². The van der Waals surface area contributed by atoms with Crippen molar-refractivity contribution in [3.05, 3.63) is 18.0 Å². The number of aromatic nitrogens is 2. The van der Waals surface area contributed by atoms with Gasteiger partial charge in [0.1, 0.15) is 0 Å². The van der Waals surface area contributed by atoms with Gasteiger partial charge in [0.2, 0.25) is 0 Å². The van der Waals surface area contributed by atoms with Crippen molar-refractivity contribution in [3.63, 3.8) is 0 Å². The van der Waals surface area contributed by atoms with Crippen molar-refractivity contribution >= 4 is 0 Å². The Morgan fingerprint density at radius 3 is 3.31 bits per heavy atom. The van der Waals surface area contributed by atoms with E-state index in [9.17, 15) is 0 Å². The van der Waals surface area contributed by atoms with Gasteiger partial charge in [-0.25, -0.2) is 0 Å². The molecule has 0 amide bonds. The first-order valence-corrected chi connectivity index (χ1v) is 6.18. The molecule has 1 aromatic heterocycles. The van der Waals surface area contributed by atoms with Crippen molar-refractivity contribution in [1.29, 1.82) is 0 Å². The Morgan fingerprint density at radius 2 is 2.56 bits per heavy atom. The number of hydrogen-bond donors (Lipinski definition) is 1. The van der Waals surface area contributed by atoms with E-state index >= 15 is 0 Å². The molecule has 2 heterocycles. The van der Waals surface area contributed by atoms with Crippen molar-refractivity contribution < 1.29 is 4.74 Å². The molecule has 1 N–H and O–H groups in total. The molecule has 2 rings (SSSR count). The molecule has 4 nitrogen and oxygen atoms in total. The SMILES string of the molecule is CCCn1cc(CNCC2CCOC2)cn1. The predicted molar refractivity (Wildman–Crippen MR) is 63.2 cm³/mol. The average Bonchev–Trinajstić information content (AvgIpc) is 2.90. The first kappa shape index (κ1) is 11.6. The van der Waals surface area contributed by atoms with E-state index in [1.165, 1.54) is 12.0 Å². The van der Waals surface area contributed by atoms with Gasteiger partial charge in [-0.3, -0.25) is 4.68 Å². The van der Waals surface area contributed by atoms with E-state index in [0.717, 1.165) is 39.3 Å². The molecule has 4 heteroatoms. The van der Waals surface area contributed by atoms with Crippen LogP contribution < -0.4 is 5.32 Å². The summed E-state index contributed by atoms with van der Waals surface area (Å²) in [5.41, 5.74) is 1.27. The molecule has 1 atom stereocenters. The summed E-state index contributed by atoms with van der Waals surface area (Å²) in [5, 5.41) is 7.77. The van der Waals surface area contributed by atoms with E-state index in [0.29, 0.717) is 5.92 Å². The van der Waals surface area contributed by atoms with E-state index in [1.807, 2.05) is 10.9 Å². The van der Waals surface area contributed by atoms with Crippen molar-refractivity contribution in [3.8, 4) is 0 Å². The Bertz CT molecular complexity index is 305. The van der Waals surface area contributed by atoms with Crippen LogP contribution in [0.2, 0.25) is 0 Å². The molecular formula is C12H21N3O. The molecule has 0 spiro atoms. The number of aryl methyl sites for hydroxylation is 1. The molecule has 1 unspecified atom stereocenters. The zero-order valence-corrected chi connectivity index (χ0v) is 9.98. The molecule has 0 saturated carbocycles. The number of rotatable bonds is 6.